The van der Waals surface area contributed by atoms with Gasteiger partial charge in [0.2, 0.25) is 0 Å². The molecule has 3 aromatic carbocycles. The Morgan fingerprint density at radius 3 is 2.58 bits per heavy atom. The monoisotopic (exact) mass is 416 g/mol. The van der Waals surface area contributed by atoms with Gasteiger partial charge in [0.25, 0.3) is 0 Å². The van der Waals surface area contributed by atoms with E-state index in [-0.39, 0.29) is 11.9 Å². The molecule has 0 aliphatic carbocycles. The van der Waals surface area contributed by atoms with Crippen molar-refractivity contribution in [1.82, 2.24) is 0 Å². The van der Waals surface area contributed by atoms with Crippen LogP contribution in [0.4, 0.5) is 10.1 Å². The first-order chi connectivity index (χ1) is 15.1. The van der Waals surface area contributed by atoms with Gasteiger partial charge in [-0.25, -0.2) is 4.39 Å². The van der Waals surface area contributed by atoms with Gasteiger partial charge in [0.1, 0.15) is 23.1 Å². The van der Waals surface area contributed by atoms with Crippen molar-refractivity contribution in [3.63, 3.8) is 0 Å². The highest BCUT2D eigenvalue weighted by Crippen LogP contribution is 2.36. The Labute approximate surface area is 182 Å². The maximum absolute atomic E-state index is 14.5. The average Bonchev–Trinajstić information content (AvgIpc) is 3.25. The molecule has 1 aliphatic heterocycles. The standard InChI is InChI=1S/C26H25FN2O2/c1-18-23(24-17-22(30-2)12-13-25(24)27)6-3-7-26(18)31-21-10-8-20(9-11-21)29-16-4-5-19(29)14-15-28/h3,6-13,17,19H,4-5,14,16H2,1-2H3/t19-/m0/s1. The van der Waals surface area contributed by atoms with Crippen LogP contribution in [0.2, 0.25) is 0 Å². The normalized spacial score (nSPS) is 15.5. The van der Waals surface area contributed by atoms with Crippen molar-refractivity contribution in [2.45, 2.75) is 32.2 Å². The van der Waals surface area contributed by atoms with Crippen LogP contribution >= 0.6 is 0 Å². The van der Waals surface area contributed by atoms with Crippen molar-refractivity contribution >= 4 is 5.69 Å². The maximum Gasteiger partial charge on any atom is 0.131 e. The van der Waals surface area contributed by atoms with E-state index in [1.807, 2.05) is 49.4 Å². The molecule has 1 saturated heterocycles. The van der Waals surface area contributed by atoms with Crippen LogP contribution in [0.3, 0.4) is 0 Å². The molecule has 4 rings (SSSR count). The summed E-state index contributed by atoms with van der Waals surface area (Å²) >= 11 is 0. The second-order valence-electron chi connectivity index (χ2n) is 7.72. The number of hydrogen-bond donors (Lipinski definition) is 0. The summed E-state index contributed by atoms with van der Waals surface area (Å²) in [5, 5.41) is 9.05. The number of halogens is 1. The number of hydrogen-bond acceptors (Lipinski definition) is 4. The van der Waals surface area contributed by atoms with Crippen molar-refractivity contribution in [2.24, 2.45) is 0 Å². The Bertz CT molecular complexity index is 1110. The van der Waals surface area contributed by atoms with Crippen LogP contribution in [-0.4, -0.2) is 19.7 Å². The smallest absolute Gasteiger partial charge is 0.131 e. The molecule has 1 heterocycles. The molecule has 0 aromatic heterocycles. The summed E-state index contributed by atoms with van der Waals surface area (Å²) in [6, 6.07) is 20.9. The Hall–Kier alpha value is -3.52. The highest BCUT2D eigenvalue weighted by atomic mass is 19.1. The summed E-state index contributed by atoms with van der Waals surface area (Å²) in [5.41, 5.74) is 3.21. The van der Waals surface area contributed by atoms with Crippen LogP contribution < -0.4 is 14.4 Å². The Morgan fingerprint density at radius 1 is 1.06 bits per heavy atom. The average molecular weight is 416 g/mol. The van der Waals surface area contributed by atoms with Crippen molar-refractivity contribution in [3.05, 3.63) is 72.0 Å². The summed E-state index contributed by atoms with van der Waals surface area (Å²) in [6.45, 7) is 2.90. The van der Waals surface area contributed by atoms with Crippen LogP contribution in [0.15, 0.2) is 60.7 Å². The highest BCUT2D eigenvalue weighted by Gasteiger charge is 2.24. The minimum absolute atomic E-state index is 0.286. The molecule has 0 unspecified atom stereocenters. The number of rotatable bonds is 6. The first kappa shape index (κ1) is 20.7. The number of nitriles is 1. The van der Waals surface area contributed by atoms with Crippen molar-refractivity contribution in [2.75, 3.05) is 18.6 Å². The number of ether oxygens (including phenoxy) is 2. The highest BCUT2D eigenvalue weighted by molar-refractivity contribution is 5.71. The third kappa shape index (κ3) is 4.34. The van der Waals surface area contributed by atoms with E-state index in [1.165, 1.54) is 6.07 Å². The van der Waals surface area contributed by atoms with Gasteiger partial charge in [0, 0.05) is 23.8 Å². The molecule has 5 heteroatoms. The minimum Gasteiger partial charge on any atom is -0.497 e. The Morgan fingerprint density at radius 2 is 1.84 bits per heavy atom. The SMILES string of the molecule is COc1ccc(F)c(-c2cccc(Oc3ccc(N4CCC[C@H]4CC#N)cc3)c2C)c1. The molecule has 0 spiro atoms. The topological polar surface area (TPSA) is 45.5 Å². The predicted molar refractivity (Wildman–Crippen MR) is 120 cm³/mol. The lowest BCUT2D eigenvalue weighted by Gasteiger charge is -2.25. The molecule has 0 bridgehead atoms. The van der Waals surface area contributed by atoms with Crippen LogP contribution in [0.1, 0.15) is 24.8 Å². The lowest BCUT2D eigenvalue weighted by molar-refractivity contribution is 0.414. The van der Waals surface area contributed by atoms with Gasteiger partial charge in [0.05, 0.1) is 19.6 Å². The summed E-state index contributed by atoms with van der Waals surface area (Å²) in [5.74, 6) is 1.69. The lowest BCUT2D eigenvalue weighted by atomic mass is 9.99. The van der Waals surface area contributed by atoms with Gasteiger partial charge in [-0.2, -0.15) is 5.26 Å². The van der Waals surface area contributed by atoms with Gasteiger partial charge in [-0.1, -0.05) is 12.1 Å². The van der Waals surface area contributed by atoms with Gasteiger partial charge in [0.15, 0.2) is 0 Å². The fourth-order valence-corrected chi connectivity index (χ4v) is 4.18. The van der Waals surface area contributed by atoms with Crippen molar-refractivity contribution < 1.29 is 13.9 Å². The summed E-state index contributed by atoms with van der Waals surface area (Å²) in [7, 11) is 1.57. The van der Waals surface area contributed by atoms with Crippen LogP contribution in [0, 0.1) is 24.1 Å². The van der Waals surface area contributed by atoms with Gasteiger partial charge in [-0.3, -0.25) is 0 Å². The molecule has 0 amide bonds. The molecule has 158 valence electrons. The van der Waals surface area contributed by atoms with E-state index in [0.717, 1.165) is 36.2 Å². The van der Waals surface area contributed by atoms with E-state index in [9.17, 15) is 4.39 Å². The van der Waals surface area contributed by atoms with E-state index >= 15 is 0 Å². The van der Waals surface area contributed by atoms with Crippen LogP contribution in [0.25, 0.3) is 11.1 Å². The van der Waals surface area contributed by atoms with E-state index in [2.05, 4.69) is 11.0 Å². The van der Waals surface area contributed by atoms with Crippen molar-refractivity contribution in [3.8, 4) is 34.4 Å². The second kappa shape index (κ2) is 9.09. The maximum atomic E-state index is 14.5. The molecule has 0 N–H and O–H groups in total. The van der Waals surface area contributed by atoms with Crippen molar-refractivity contribution in [1.29, 1.82) is 5.26 Å². The Kier molecular flexibility index (Phi) is 6.08. The number of methoxy groups -OCH3 is 1. The molecule has 0 radical (unpaired) electrons. The van der Waals surface area contributed by atoms with Crippen LogP contribution in [-0.2, 0) is 0 Å². The molecule has 0 saturated carbocycles. The van der Waals surface area contributed by atoms with Gasteiger partial charge in [-0.05, 0) is 79.4 Å². The summed E-state index contributed by atoms with van der Waals surface area (Å²) in [6.07, 6.45) is 2.71. The molecule has 4 nitrogen and oxygen atoms in total. The van der Waals surface area contributed by atoms with E-state index in [1.54, 1.807) is 19.2 Å². The quantitative estimate of drug-likeness (QED) is 0.461. The number of benzene rings is 3. The zero-order valence-corrected chi connectivity index (χ0v) is 17.8. The van der Waals surface area contributed by atoms with Gasteiger partial charge >= 0.3 is 0 Å². The largest absolute Gasteiger partial charge is 0.497 e. The predicted octanol–water partition coefficient (Wildman–Crippen LogP) is 6.48. The summed E-state index contributed by atoms with van der Waals surface area (Å²) < 4.78 is 25.9. The summed E-state index contributed by atoms with van der Waals surface area (Å²) in [4.78, 5) is 2.30. The fraction of sp³-hybridized carbons (Fsp3) is 0.269. The third-order valence-electron chi connectivity index (χ3n) is 5.85. The third-order valence-corrected chi connectivity index (χ3v) is 5.85. The second-order valence-corrected chi connectivity index (χ2v) is 7.72. The molecule has 1 fully saturated rings. The molecular formula is C26H25FN2O2. The zero-order valence-electron chi connectivity index (χ0n) is 17.8. The van der Waals surface area contributed by atoms with Crippen LogP contribution in [0.5, 0.6) is 17.2 Å². The first-order valence-corrected chi connectivity index (χ1v) is 10.5. The minimum atomic E-state index is -0.303. The number of nitrogens with zero attached hydrogens (tertiary/aromatic N) is 2. The van der Waals surface area contributed by atoms with E-state index < -0.39 is 0 Å². The zero-order chi connectivity index (χ0) is 21.8. The molecule has 31 heavy (non-hydrogen) atoms. The van der Waals surface area contributed by atoms with Gasteiger partial charge in [-0.15, -0.1) is 0 Å². The van der Waals surface area contributed by atoms with E-state index in [0.29, 0.717) is 29.2 Å². The molecule has 1 aliphatic rings. The van der Waals surface area contributed by atoms with E-state index in [4.69, 9.17) is 14.7 Å². The number of anilines is 1. The first-order valence-electron chi connectivity index (χ1n) is 10.5. The lowest BCUT2D eigenvalue weighted by Crippen LogP contribution is -2.28. The molecule has 3 aromatic rings. The molecular weight excluding hydrogens is 391 g/mol. The molecule has 1 atom stereocenters. The Balaban J connectivity index is 1.57. The fourth-order valence-electron chi connectivity index (χ4n) is 4.18. The van der Waals surface area contributed by atoms with Gasteiger partial charge < -0.3 is 14.4 Å².